The predicted molar refractivity (Wildman–Crippen MR) is 54.0 cm³/mol. The third-order valence-corrected chi connectivity index (χ3v) is 2.69. The van der Waals surface area contributed by atoms with Crippen LogP contribution in [0, 0.1) is 0 Å². The summed E-state index contributed by atoms with van der Waals surface area (Å²) in [6.45, 7) is -3.65. The van der Waals surface area contributed by atoms with Crippen molar-refractivity contribution in [2.24, 2.45) is 0 Å². The van der Waals surface area contributed by atoms with Crippen molar-refractivity contribution in [1.82, 2.24) is 0 Å². The Bertz CT molecular complexity index is 371. The summed E-state index contributed by atoms with van der Waals surface area (Å²) in [6.07, 6.45) is 0. The van der Waals surface area contributed by atoms with Crippen LogP contribution in [0.25, 0.3) is 0 Å². The number of ether oxygens (including phenoxy) is 1. The minimum atomic E-state index is -3.05. The fourth-order valence-electron chi connectivity index (χ4n) is 0.986. The van der Waals surface area contributed by atoms with E-state index in [0.29, 0.717) is 0 Å². The van der Waals surface area contributed by atoms with Gasteiger partial charge in [-0.3, -0.25) is 0 Å². The fourth-order valence-corrected chi connectivity index (χ4v) is 1.73. The first-order valence-electron chi connectivity index (χ1n) is 3.69. The van der Waals surface area contributed by atoms with Crippen LogP contribution in [0.15, 0.2) is 6.07 Å². The van der Waals surface area contributed by atoms with Gasteiger partial charge in [0.1, 0.15) is 0 Å². The van der Waals surface area contributed by atoms with Crippen molar-refractivity contribution >= 4 is 34.8 Å². The summed E-state index contributed by atoms with van der Waals surface area (Å²) < 4.78 is 28.2. The van der Waals surface area contributed by atoms with Crippen molar-refractivity contribution in [3.8, 4) is 5.75 Å². The molecule has 0 saturated heterocycles. The van der Waals surface area contributed by atoms with Gasteiger partial charge in [-0.1, -0.05) is 34.8 Å². The van der Waals surface area contributed by atoms with Crippen molar-refractivity contribution in [3.05, 3.63) is 26.7 Å². The van der Waals surface area contributed by atoms with Gasteiger partial charge >= 0.3 is 6.61 Å². The van der Waals surface area contributed by atoms with E-state index < -0.39 is 13.2 Å². The van der Waals surface area contributed by atoms with Gasteiger partial charge in [0.05, 0.1) is 21.7 Å². The molecule has 15 heavy (non-hydrogen) atoms. The number of halogens is 5. The number of aliphatic hydroxyl groups is 1. The molecule has 0 unspecified atom stereocenters. The van der Waals surface area contributed by atoms with E-state index in [4.69, 9.17) is 39.9 Å². The molecule has 0 amide bonds. The zero-order valence-corrected chi connectivity index (χ0v) is 9.37. The molecule has 0 aliphatic heterocycles. The maximum Gasteiger partial charge on any atom is 0.387 e. The van der Waals surface area contributed by atoms with Gasteiger partial charge in [0.25, 0.3) is 0 Å². The molecule has 0 aliphatic carbocycles. The van der Waals surface area contributed by atoms with Gasteiger partial charge in [-0.15, -0.1) is 0 Å². The first kappa shape index (κ1) is 12.8. The highest BCUT2D eigenvalue weighted by atomic mass is 35.5. The number of hydrogen-bond donors (Lipinski definition) is 1. The van der Waals surface area contributed by atoms with Gasteiger partial charge in [0.15, 0.2) is 5.75 Å². The van der Waals surface area contributed by atoms with Crippen molar-refractivity contribution in [2.75, 3.05) is 0 Å². The van der Waals surface area contributed by atoms with Gasteiger partial charge in [-0.2, -0.15) is 8.78 Å². The standard InChI is InChI=1S/C8H5Cl3F2O2/c9-4-1-5(10)7(15-8(12)13)3(2-14)6(4)11/h1,8,14H,2H2. The Hall–Kier alpha value is -0.290. The predicted octanol–water partition coefficient (Wildman–Crippen LogP) is 3.74. The molecule has 1 N–H and O–H groups in total. The molecule has 1 aromatic carbocycles. The molecule has 0 atom stereocenters. The van der Waals surface area contributed by atoms with Gasteiger partial charge < -0.3 is 9.84 Å². The minimum absolute atomic E-state index is 0.0563. The van der Waals surface area contributed by atoms with Crippen LogP contribution >= 0.6 is 34.8 Å². The van der Waals surface area contributed by atoms with Gasteiger partial charge in [0, 0.05) is 5.56 Å². The lowest BCUT2D eigenvalue weighted by Gasteiger charge is -2.13. The Balaban J connectivity index is 3.29. The van der Waals surface area contributed by atoms with E-state index >= 15 is 0 Å². The number of benzene rings is 1. The van der Waals surface area contributed by atoms with E-state index in [-0.39, 0.29) is 26.4 Å². The van der Waals surface area contributed by atoms with Crippen LogP contribution in [0.4, 0.5) is 8.78 Å². The Morgan fingerprint density at radius 1 is 1.27 bits per heavy atom. The maximum atomic E-state index is 12.0. The van der Waals surface area contributed by atoms with Crippen LogP contribution in [0.5, 0.6) is 5.75 Å². The molecule has 2 nitrogen and oxygen atoms in total. The minimum Gasteiger partial charge on any atom is -0.433 e. The molecule has 0 heterocycles. The Morgan fingerprint density at radius 3 is 2.33 bits per heavy atom. The highest BCUT2D eigenvalue weighted by Crippen LogP contribution is 2.39. The van der Waals surface area contributed by atoms with E-state index in [2.05, 4.69) is 4.74 Å². The molecule has 0 aliphatic rings. The number of alkyl halides is 2. The highest BCUT2D eigenvalue weighted by molar-refractivity contribution is 6.44. The largest absolute Gasteiger partial charge is 0.433 e. The van der Waals surface area contributed by atoms with Crippen LogP contribution in [0.2, 0.25) is 15.1 Å². The van der Waals surface area contributed by atoms with Crippen molar-refractivity contribution < 1.29 is 18.6 Å². The van der Waals surface area contributed by atoms with E-state index in [1.165, 1.54) is 6.07 Å². The molecule has 0 aromatic heterocycles. The van der Waals surface area contributed by atoms with Crippen molar-refractivity contribution in [1.29, 1.82) is 0 Å². The molecule has 0 bridgehead atoms. The van der Waals surface area contributed by atoms with Crippen LogP contribution in [0.1, 0.15) is 5.56 Å². The zero-order chi connectivity index (χ0) is 11.6. The van der Waals surface area contributed by atoms with Crippen molar-refractivity contribution in [2.45, 2.75) is 13.2 Å². The third-order valence-electron chi connectivity index (χ3n) is 1.58. The second-order valence-electron chi connectivity index (χ2n) is 2.50. The van der Waals surface area contributed by atoms with Crippen LogP contribution in [0.3, 0.4) is 0 Å². The first-order valence-corrected chi connectivity index (χ1v) is 4.82. The monoisotopic (exact) mass is 276 g/mol. The quantitative estimate of drug-likeness (QED) is 0.853. The molecule has 7 heteroatoms. The number of rotatable bonds is 3. The molecule has 1 aromatic rings. The molecule has 0 spiro atoms. The lowest BCUT2D eigenvalue weighted by molar-refractivity contribution is -0.0508. The molecular formula is C8H5Cl3F2O2. The summed E-state index contributed by atoms with van der Waals surface area (Å²) in [5.74, 6) is -0.358. The molecule has 1 rings (SSSR count). The molecule has 0 fully saturated rings. The molecule has 0 radical (unpaired) electrons. The average Bonchev–Trinajstić information content (AvgIpc) is 2.14. The Labute approximate surface area is 99.3 Å². The van der Waals surface area contributed by atoms with Crippen LogP contribution < -0.4 is 4.74 Å². The van der Waals surface area contributed by atoms with E-state index in [0.717, 1.165) is 0 Å². The van der Waals surface area contributed by atoms with E-state index in [9.17, 15) is 8.78 Å². The topological polar surface area (TPSA) is 29.5 Å². The highest BCUT2D eigenvalue weighted by Gasteiger charge is 2.18. The summed E-state index contributed by atoms with van der Waals surface area (Å²) in [5, 5.41) is 8.81. The summed E-state index contributed by atoms with van der Waals surface area (Å²) in [6, 6.07) is 1.17. The normalized spacial score (nSPS) is 10.9. The molecule has 84 valence electrons. The Kier molecular flexibility index (Phi) is 4.40. The Morgan fingerprint density at radius 2 is 1.87 bits per heavy atom. The lowest BCUT2D eigenvalue weighted by Crippen LogP contribution is -2.05. The average molecular weight is 277 g/mol. The number of hydrogen-bond acceptors (Lipinski definition) is 2. The van der Waals surface area contributed by atoms with Gasteiger partial charge in [0.2, 0.25) is 0 Å². The second-order valence-corrected chi connectivity index (χ2v) is 3.69. The summed E-state index contributed by atoms with van der Waals surface area (Å²) >= 11 is 16.9. The van der Waals surface area contributed by atoms with Crippen LogP contribution in [-0.4, -0.2) is 11.7 Å². The third kappa shape index (κ3) is 2.84. The number of aliphatic hydroxyl groups excluding tert-OH is 1. The van der Waals surface area contributed by atoms with Crippen molar-refractivity contribution in [3.63, 3.8) is 0 Å². The summed E-state index contributed by atoms with van der Waals surface area (Å²) in [4.78, 5) is 0. The van der Waals surface area contributed by atoms with Crippen LogP contribution in [-0.2, 0) is 6.61 Å². The van der Waals surface area contributed by atoms with Gasteiger partial charge in [-0.05, 0) is 6.07 Å². The molecular weight excluding hydrogens is 272 g/mol. The molecule has 0 saturated carbocycles. The zero-order valence-electron chi connectivity index (χ0n) is 7.11. The second kappa shape index (κ2) is 5.16. The lowest BCUT2D eigenvalue weighted by atomic mass is 10.2. The summed E-state index contributed by atoms with van der Waals surface area (Å²) in [5.41, 5.74) is -0.0607. The maximum absolute atomic E-state index is 12.0. The SMILES string of the molecule is OCc1c(Cl)c(Cl)cc(Cl)c1OC(F)F. The van der Waals surface area contributed by atoms with Gasteiger partial charge in [-0.25, -0.2) is 0 Å². The smallest absolute Gasteiger partial charge is 0.387 e. The first-order chi connectivity index (χ1) is 6.97. The summed E-state index contributed by atoms with van der Waals surface area (Å²) in [7, 11) is 0. The van der Waals surface area contributed by atoms with E-state index in [1.807, 2.05) is 0 Å². The fraction of sp³-hybridized carbons (Fsp3) is 0.250. The van der Waals surface area contributed by atoms with E-state index in [1.54, 1.807) is 0 Å².